The van der Waals surface area contributed by atoms with E-state index in [0.717, 1.165) is 0 Å². The number of ether oxygens (including phenoxy) is 1. The molecule has 0 aliphatic carbocycles. The maximum absolute atomic E-state index is 14.6. The number of nitrogens with one attached hydrogen (secondary N) is 2. The summed E-state index contributed by atoms with van der Waals surface area (Å²) in [5, 5.41) is 2.52. The molecule has 8 heteroatoms. The van der Waals surface area contributed by atoms with Crippen molar-refractivity contribution in [1.29, 1.82) is 4.78 Å². The molecule has 1 heterocycles. The number of alkyl carbamates (subject to hydrolysis) is 1. The zero-order valence-electron chi connectivity index (χ0n) is 17.0. The van der Waals surface area contributed by atoms with Gasteiger partial charge >= 0.3 is 6.09 Å². The van der Waals surface area contributed by atoms with Crippen LogP contribution in [0.5, 0.6) is 0 Å². The molecular weight excluding hydrogens is 381 g/mol. The number of aliphatic imine (C=N–C) groups is 1. The Labute approximate surface area is 165 Å². The monoisotopic (exact) mass is 407 g/mol. The molecule has 2 atom stereocenters. The molecule has 0 bridgehead atoms. The van der Waals surface area contributed by atoms with Crippen molar-refractivity contribution in [3.8, 4) is 12.3 Å². The number of hydrogen-bond donors (Lipinski definition) is 2. The summed E-state index contributed by atoms with van der Waals surface area (Å²) in [6.45, 7) is 9.82. The van der Waals surface area contributed by atoms with Crippen molar-refractivity contribution in [3.05, 3.63) is 35.1 Å². The highest BCUT2D eigenvalue weighted by Gasteiger charge is 2.48. The van der Waals surface area contributed by atoms with E-state index in [-0.39, 0.29) is 17.2 Å². The molecule has 1 aliphatic heterocycles. The Morgan fingerprint density at radius 1 is 1.39 bits per heavy atom. The van der Waals surface area contributed by atoms with Crippen LogP contribution in [-0.2, 0) is 20.0 Å². The highest BCUT2D eigenvalue weighted by molar-refractivity contribution is 7.94. The predicted molar refractivity (Wildman–Crippen MR) is 108 cm³/mol. The number of carbonyl (C=O) groups excluding carboxylic acids is 1. The third kappa shape index (κ3) is 4.20. The van der Waals surface area contributed by atoms with Gasteiger partial charge in [0.1, 0.15) is 27.5 Å². The second-order valence-electron chi connectivity index (χ2n) is 8.53. The first-order valence-electron chi connectivity index (χ1n) is 8.74. The van der Waals surface area contributed by atoms with Gasteiger partial charge in [-0.2, -0.15) is 0 Å². The lowest BCUT2D eigenvalue weighted by Crippen LogP contribution is -2.57. The number of rotatable bonds is 1. The molecule has 0 fully saturated rings. The molecule has 2 rings (SSSR count). The molecule has 0 aromatic heterocycles. The van der Waals surface area contributed by atoms with Crippen molar-refractivity contribution >= 4 is 21.7 Å². The lowest BCUT2D eigenvalue weighted by atomic mass is 9.92. The Morgan fingerprint density at radius 3 is 2.54 bits per heavy atom. The average Bonchev–Trinajstić information content (AvgIpc) is 2.51. The third-order valence-corrected chi connectivity index (χ3v) is 7.38. The van der Waals surface area contributed by atoms with E-state index in [4.69, 9.17) is 15.9 Å². The lowest BCUT2D eigenvalue weighted by molar-refractivity contribution is 0.0561. The largest absolute Gasteiger partial charge is 0.444 e. The molecular formula is C20H26FN3O3S. The van der Waals surface area contributed by atoms with Gasteiger partial charge in [0.2, 0.25) is 0 Å². The molecule has 1 amide bonds. The summed E-state index contributed by atoms with van der Waals surface area (Å²) in [6.07, 6.45) is 4.63. The fraction of sp³-hybridized carbons (Fsp3) is 0.500. The topological polar surface area (TPSA) is 91.6 Å². The van der Waals surface area contributed by atoms with E-state index in [1.165, 1.54) is 18.2 Å². The highest BCUT2D eigenvalue weighted by Crippen LogP contribution is 2.38. The quantitative estimate of drug-likeness (QED) is 0.694. The minimum absolute atomic E-state index is 0.0148. The summed E-state index contributed by atoms with van der Waals surface area (Å²) in [6, 6.07) is 4.13. The smallest absolute Gasteiger partial charge is 0.413 e. The van der Waals surface area contributed by atoms with Crippen molar-refractivity contribution in [2.24, 2.45) is 4.99 Å². The SMILES string of the molecule is C#Cc1ccc(F)c([C@]2(C)C[S@](=N)(=O)C(C)(C)C(NC(=O)OC(C)(C)C)=N2)c1. The van der Waals surface area contributed by atoms with Crippen molar-refractivity contribution in [1.82, 2.24) is 5.32 Å². The van der Waals surface area contributed by atoms with Gasteiger partial charge in [-0.25, -0.2) is 13.4 Å². The van der Waals surface area contributed by atoms with Gasteiger partial charge in [-0.1, -0.05) is 5.92 Å². The van der Waals surface area contributed by atoms with Crippen LogP contribution in [0.25, 0.3) is 0 Å². The highest BCUT2D eigenvalue weighted by atomic mass is 32.2. The summed E-state index contributed by atoms with van der Waals surface area (Å²) >= 11 is 0. The van der Waals surface area contributed by atoms with Crippen molar-refractivity contribution in [2.75, 3.05) is 5.75 Å². The minimum Gasteiger partial charge on any atom is -0.444 e. The predicted octanol–water partition coefficient (Wildman–Crippen LogP) is 3.78. The van der Waals surface area contributed by atoms with Gasteiger partial charge in [-0.15, -0.1) is 6.42 Å². The van der Waals surface area contributed by atoms with E-state index < -0.39 is 37.5 Å². The zero-order valence-corrected chi connectivity index (χ0v) is 17.8. The Hall–Kier alpha value is -2.40. The van der Waals surface area contributed by atoms with Gasteiger partial charge in [-0.05, 0) is 59.7 Å². The normalized spacial score (nSPS) is 26.7. The molecule has 28 heavy (non-hydrogen) atoms. The lowest BCUT2D eigenvalue weighted by Gasteiger charge is -2.41. The van der Waals surface area contributed by atoms with Gasteiger partial charge in [0.25, 0.3) is 0 Å². The van der Waals surface area contributed by atoms with Crippen LogP contribution in [0.4, 0.5) is 9.18 Å². The van der Waals surface area contributed by atoms with Crippen LogP contribution >= 0.6 is 0 Å². The maximum atomic E-state index is 14.6. The number of amides is 1. The van der Waals surface area contributed by atoms with E-state index in [9.17, 15) is 13.4 Å². The molecule has 1 aliphatic rings. The van der Waals surface area contributed by atoms with Gasteiger partial charge in [0.05, 0.1) is 15.5 Å². The molecule has 2 N–H and O–H groups in total. The molecule has 152 valence electrons. The molecule has 0 saturated heterocycles. The third-order valence-electron chi connectivity index (χ3n) is 4.57. The van der Waals surface area contributed by atoms with Gasteiger partial charge < -0.3 is 4.74 Å². The summed E-state index contributed by atoms with van der Waals surface area (Å²) < 4.78 is 40.2. The number of hydrogen-bond acceptors (Lipinski definition) is 5. The van der Waals surface area contributed by atoms with Crippen LogP contribution in [0.15, 0.2) is 23.2 Å². The van der Waals surface area contributed by atoms with Crippen molar-refractivity contribution in [3.63, 3.8) is 0 Å². The Balaban J connectivity index is 2.61. The molecule has 0 spiro atoms. The first-order valence-corrected chi connectivity index (χ1v) is 10.5. The Bertz CT molecular complexity index is 985. The summed E-state index contributed by atoms with van der Waals surface area (Å²) in [7, 11) is -3.31. The van der Waals surface area contributed by atoms with Crippen molar-refractivity contribution in [2.45, 2.75) is 57.4 Å². The molecule has 6 nitrogen and oxygen atoms in total. The van der Waals surface area contributed by atoms with Crippen LogP contribution in [-0.4, -0.2) is 32.2 Å². The fourth-order valence-electron chi connectivity index (χ4n) is 2.89. The summed E-state index contributed by atoms with van der Waals surface area (Å²) in [5.41, 5.74) is -1.52. The van der Waals surface area contributed by atoms with Gasteiger partial charge in [-0.3, -0.25) is 15.1 Å². The average molecular weight is 408 g/mol. The molecule has 0 saturated carbocycles. The van der Waals surface area contributed by atoms with Crippen LogP contribution in [0.1, 0.15) is 52.7 Å². The van der Waals surface area contributed by atoms with Crippen LogP contribution in [0, 0.1) is 22.9 Å². The van der Waals surface area contributed by atoms with Crippen molar-refractivity contribution < 1.29 is 18.1 Å². The zero-order chi connectivity index (χ0) is 21.5. The standard InChI is InChI=1S/C20H26FN3O3S/c1-8-13-9-10-15(21)14(11-13)20(7)12-28(22,26)19(5,6)16(24-20)23-17(25)27-18(2,3)4/h1,9-11,22H,12H2,2-7H3,(H,23,24,25)/t20-,28-/m0/s1. The number of halogens is 1. The number of terminal acetylenes is 1. The van der Waals surface area contributed by atoms with Crippen LogP contribution in [0.2, 0.25) is 0 Å². The number of nitrogens with zero attached hydrogens (tertiary/aromatic N) is 1. The van der Waals surface area contributed by atoms with Gasteiger partial charge in [0.15, 0.2) is 0 Å². The number of carbonyl (C=O) groups is 1. The van der Waals surface area contributed by atoms with Crippen LogP contribution in [0.3, 0.4) is 0 Å². The maximum Gasteiger partial charge on any atom is 0.413 e. The second-order valence-corrected chi connectivity index (χ2v) is 11.2. The van der Waals surface area contributed by atoms with E-state index in [1.807, 2.05) is 0 Å². The summed E-state index contributed by atoms with van der Waals surface area (Å²) in [5.74, 6) is 1.67. The Morgan fingerprint density at radius 2 is 2.00 bits per heavy atom. The molecule has 1 aromatic carbocycles. The van der Waals surface area contributed by atoms with Gasteiger partial charge in [0, 0.05) is 11.1 Å². The molecule has 0 radical (unpaired) electrons. The first kappa shape index (κ1) is 21.9. The van der Waals surface area contributed by atoms with E-state index in [1.54, 1.807) is 41.5 Å². The Kier molecular flexibility index (Phi) is 5.39. The van der Waals surface area contributed by atoms with Crippen LogP contribution < -0.4 is 5.32 Å². The fourth-order valence-corrected chi connectivity index (χ4v) is 4.67. The number of benzene rings is 1. The first-order chi connectivity index (χ1) is 12.6. The van der Waals surface area contributed by atoms with E-state index >= 15 is 0 Å². The molecule has 1 aromatic rings. The van der Waals surface area contributed by atoms with E-state index in [2.05, 4.69) is 16.2 Å². The van der Waals surface area contributed by atoms with E-state index in [0.29, 0.717) is 5.56 Å². The minimum atomic E-state index is -3.31. The molecule has 0 unspecified atom stereocenters. The summed E-state index contributed by atoms with van der Waals surface area (Å²) in [4.78, 5) is 16.8. The second kappa shape index (κ2) is 6.89. The number of amidine groups is 1.